The molecule has 0 unspecified atom stereocenters. The molecule has 0 aliphatic rings. The summed E-state index contributed by atoms with van der Waals surface area (Å²) in [6.45, 7) is 2.83. The van der Waals surface area contributed by atoms with Gasteiger partial charge in [-0.25, -0.2) is 13.6 Å². The summed E-state index contributed by atoms with van der Waals surface area (Å²) in [5.41, 5.74) is 2.92. The third-order valence-corrected chi connectivity index (χ3v) is 4.95. The molecule has 156 valence electrons. The summed E-state index contributed by atoms with van der Waals surface area (Å²) in [5.74, 6) is 0.765. The van der Waals surface area contributed by atoms with Gasteiger partial charge < -0.3 is 4.74 Å². The number of unbranched alkanes of at least 4 members (excludes halogenated alkanes) is 3. The number of nitrogens with one attached hydrogen (secondary N) is 1. The zero-order valence-electron chi connectivity index (χ0n) is 16.1. The Morgan fingerprint density at radius 2 is 1.90 bits per heavy atom. The van der Waals surface area contributed by atoms with Crippen LogP contribution in [0.15, 0.2) is 52.5 Å². The monoisotopic (exact) mass is 420 g/mol. The van der Waals surface area contributed by atoms with E-state index >= 15 is 0 Å². The lowest BCUT2D eigenvalue weighted by Gasteiger charge is -2.06. The minimum Gasteiger partial charge on any atom is -0.494 e. The molecule has 0 aliphatic carbocycles. The summed E-state index contributed by atoms with van der Waals surface area (Å²) in [6.07, 6.45) is 6.04. The van der Waals surface area contributed by atoms with Gasteiger partial charge in [0.15, 0.2) is 0 Å². The van der Waals surface area contributed by atoms with Gasteiger partial charge in [0.1, 0.15) is 11.4 Å². The Labute approximate surface area is 169 Å². The molecule has 0 fully saturated rings. The van der Waals surface area contributed by atoms with E-state index in [2.05, 4.69) is 17.5 Å². The smallest absolute Gasteiger partial charge is 0.295 e. The molecule has 0 spiro atoms. The van der Waals surface area contributed by atoms with Crippen molar-refractivity contribution in [1.29, 1.82) is 0 Å². The van der Waals surface area contributed by atoms with Gasteiger partial charge in [-0.05, 0) is 48.4 Å². The summed E-state index contributed by atoms with van der Waals surface area (Å²) in [7, 11) is -4.04. The van der Waals surface area contributed by atoms with Gasteiger partial charge in [0.2, 0.25) is 10.0 Å². The second-order valence-corrected chi connectivity index (χ2v) is 7.89. The largest absolute Gasteiger partial charge is 0.494 e. The highest BCUT2D eigenvalue weighted by Gasteiger charge is 2.18. The molecule has 0 saturated heterocycles. The first-order valence-corrected chi connectivity index (χ1v) is 10.7. The number of nitro benzene ring substituents is 1. The number of anilines is 1. The van der Waals surface area contributed by atoms with Crippen LogP contribution in [0.2, 0.25) is 0 Å². The van der Waals surface area contributed by atoms with Crippen LogP contribution < -0.4 is 15.3 Å². The number of nitrogens with two attached hydrogens (primary N) is 1. The molecule has 0 bridgehead atoms. The zero-order chi connectivity index (χ0) is 21.3. The number of nitro groups is 1. The van der Waals surface area contributed by atoms with Crippen LogP contribution in [0.4, 0.5) is 11.4 Å². The Hall–Kier alpha value is -2.98. The molecule has 0 amide bonds. The van der Waals surface area contributed by atoms with Crippen LogP contribution in [0, 0.1) is 10.1 Å². The fourth-order valence-corrected chi connectivity index (χ4v) is 3.01. The molecule has 0 atom stereocenters. The maximum Gasteiger partial charge on any atom is 0.295 e. The van der Waals surface area contributed by atoms with Crippen molar-refractivity contribution in [3.63, 3.8) is 0 Å². The summed E-state index contributed by atoms with van der Waals surface area (Å²) >= 11 is 0. The number of primary sulfonamides is 1. The quantitative estimate of drug-likeness (QED) is 0.246. The van der Waals surface area contributed by atoms with Gasteiger partial charge in [-0.3, -0.25) is 15.5 Å². The van der Waals surface area contributed by atoms with Crippen molar-refractivity contribution < 1.29 is 18.1 Å². The van der Waals surface area contributed by atoms with E-state index in [-0.39, 0.29) is 10.6 Å². The second kappa shape index (κ2) is 10.5. The number of hydrogen-bond donors (Lipinski definition) is 2. The highest BCUT2D eigenvalue weighted by molar-refractivity contribution is 7.89. The Kier molecular flexibility index (Phi) is 8.10. The molecule has 0 saturated carbocycles. The molecule has 2 rings (SSSR count). The van der Waals surface area contributed by atoms with E-state index in [0.717, 1.165) is 30.2 Å². The number of ether oxygens (including phenoxy) is 1. The van der Waals surface area contributed by atoms with Crippen molar-refractivity contribution in [3.05, 3.63) is 58.1 Å². The number of sulfonamides is 1. The Bertz CT molecular complexity index is 959. The van der Waals surface area contributed by atoms with Crippen molar-refractivity contribution in [2.75, 3.05) is 12.0 Å². The lowest BCUT2D eigenvalue weighted by Crippen LogP contribution is -2.12. The van der Waals surface area contributed by atoms with E-state index in [0.29, 0.717) is 6.61 Å². The van der Waals surface area contributed by atoms with Crippen molar-refractivity contribution >= 4 is 27.6 Å². The minimum absolute atomic E-state index is 0.0469. The molecule has 2 aromatic rings. The van der Waals surface area contributed by atoms with Crippen LogP contribution in [0.3, 0.4) is 0 Å². The lowest BCUT2D eigenvalue weighted by molar-refractivity contribution is -0.384. The highest BCUT2D eigenvalue weighted by Crippen LogP contribution is 2.27. The molecule has 0 aromatic heterocycles. The van der Waals surface area contributed by atoms with Crippen LogP contribution in [0.5, 0.6) is 5.75 Å². The number of hydrazone groups is 1. The second-order valence-electron chi connectivity index (χ2n) is 6.33. The first-order chi connectivity index (χ1) is 13.8. The van der Waals surface area contributed by atoms with E-state index in [9.17, 15) is 18.5 Å². The third kappa shape index (κ3) is 7.16. The number of hydrogen-bond acceptors (Lipinski definition) is 7. The Morgan fingerprint density at radius 1 is 1.17 bits per heavy atom. The molecular formula is C19H24N4O5S. The standard InChI is InChI=1S/C19H24N4O5S/c1-2-3-4-5-12-28-16-8-6-15(7-9-16)14-21-22-18-11-10-17(29(20,26)27)13-19(18)23(24)25/h6-11,13-14,22H,2-5,12H2,1H3,(H2,20,26,27)/b21-14+. The molecule has 3 N–H and O–H groups in total. The van der Waals surface area contributed by atoms with Crippen molar-refractivity contribution in [3.8, 4) is 5.75 Å². The minimum atomic E-state index is -4.04. The normalized spacial score (nSPS) is 11.5. The van der Waals surface area contributed by atoms with E-state index in [4.69, 9.17) is 9.88 Å². The molecule has 0 heterocycles. The van der Waals surface area contributed by atoms with Gasteiger partial charge in [0, 0.05) is 6.07 Å². The van der Waals surface area contributed by atoms with E-state index < -0.39 is 20.6 Å². The third-order valence-electron chi connectivity index (χ3n) is 4.04. The van der Waals surface area contributed by atoms with Crippen molar-refractivity contribution in [2.24, 2.45) is 10.2 Å². The first-order valence-electron chi connectivity index (χ1n) is 9.14. The summed E-state index contributed by atoms with van der Waals surface area (Å²) in [6, 6.07) is 10.6. The van der Waals surface area contributed by atoms with Crippen molar-refractivity contribution in [1.82, 2.24) is 0 Å². The van der Waals surface area contributed by atoms with Crippen LogP contribution >= 0.6 is 0 Å². The average molecular weight is 420 g/mol. The first kappa shape index (κ1) is 22.3. The molecule has 10 heteroatoms. The van der Waals surface area contributed by atoms with Crippen LogP contribution in [0.25, 0.3) is 0 Å². The van der Waals surface area contributed by atoms with Crippen molar-refractivity contribution in [2.45, 2.75) is 37.5 Å². The summed E-state index contributed by atoms with van der Waals surface area (Å²) < 4.78 is 28.4. The molecule has 9 nitrogen and oxygen atoms in total. The SMILES string of the molecule is CCCCCCOc1ccc(/C=N/Nc2ccc(S(N)(=O)=O)cc2[N+](=O)[O-])cc1. The molecule has 29 heavy (non-hydrogen) atoms. The fourth-order valence-electron chi connectivity index (χ4n) is 2.48. The molecule has 2 aromatic carbocycles. The maximum atomic E-state index is 11.4. The van der Waals surface area contributed by atoms with Gasteiger partial charge in [-0.15, -0.1) is 0 Å². The molecule has 0 aliphatic heterocycles. The molecular weight excluding hydrogens is 396 g/mol. The predicted octanol–water partition coefficient (Wildman–Crippen LogP) is 3.65. The predicted molar refractivity (Wildman–Crippen MR) is 112 cm³/mol. The molecule has 0 radical (unpaired) electrons. The number of nitrogens with zero attached hydrogens (tertiary/aromatic N) is 2. The van der Waals surface area contributed by atoms with Crippen LogP contribution in [0.1, 0.15) is 38.2 Å². The summed E-state index contributed by atoms with van der Waals surface area (Å²) in [5, 5.41) is 20.2. The van der Waals surface area contributed by atoms with E-state index in [1.807, 2.05) is 24.3 Å². The van der Waals surface area contributed by atoms with Crippen LogP contribution in [-0.4, -0.2) is 26.2 Å². The van der Waals surface area contributed by atoms with E-state index in [1.54, 1.807) is 0 Å². The van der Waals surface area contributed by atoms with Gasteiger partial charge in [0.05, 0.1) is 22.6 Å². The van der Waals surface area contributed by atoms with E-state index in [1.165, 1.54) is 31.2 Å². The Balaban J connectivity index is 1.98. The number of benzene rings is 2. The summed E-state index contributed by atoms with van der Waals surface area (Å²) in [4.78, 5) is 10.1. The zero-order valence-corrected chi connectivity index (χ0v) is 16.9. The van der Waals surface area contributed by atoms with Gasteiger partial charge in [-0.2, -0.15) is 5.10 Å². The van der Waals surface area contributed by atoms with Crippen LogP contribution in [-0.2, 0) is 10.0 Å². The van der Waals surface area contributed by atoms with Gasteiger partial charge >= 0.3 is 0 Å². The maximum absolute atomic E-state index is 11.4. The fraction of sp³-hybridized carbons (Fsp3) is 0.316. The lowest BCUT2D eigenvalue weighted by atomic mass is 10.2. The number of rotatable bonds is 11. The van der Waals surface area contributed by atoms with Gasteiger partial charge in [0.25, 0.3) is 5.69 Å². The van der Waals surface area contributed by atoms with Gasteiger partial charge in [-0.1, -0.05) is 26.2 Å². The Morgan fingerprint density at radius 3 is 2.52 bits per heavy atom. The average Bonchev–Trinajstić information content (AvgIpc) is 2.68. The topological polar surface area (TPSA) is 137 Å². The highest BCUT2D eigenvalue weighted by atomic mass is 32.2.